The summed E-state index contributed by atoms with van der Waals surface area (Å²) in [6.07, 6.45) is 4.38. The number of Topliss-reactive ketones (excluding diaryl/α,β-unsaturated/α-hetero) is 1. The van der Waals surface area contributed by atoms with Crippen molar-refractivity contribution in [2.24, 2.45) is 0 Å². The molecule has 3 nitrogen and oxygen atoms in total. The minimum Gasteiger partial charge on any atom is -1.00 e. The Morgan fingerprint density at radius 3 is 2.39 bits per heavy atom. The van der Waals surface area contributed by atoms with Crippen LogP contribution in [0.3, 0.4) is 0 Å². The van der Waals surface area contributed by atoms with Gasteiger partial charge in [-0.1, -0.05) is 18.2 Å². The van der Waals surface area contributed by atoms with E-state index in [0.29, 0.717) is 13.0 Å². The number of benzene rings is 1. The van der Waals surface area contributed by atoms with E-state index >= 15 is 0 Å². The molecule has 0 bridgehead atoms. The first-order valence-corrected chi connectivity index (χ1v) is 7.68. The number of hydrogen-bond acceptors (Lipinski definition) is 2. The lowest BCUT2D eigenvalue weighted by Gasteiger charge is -2.09. The normalized spacial score (nSPS) is 10.3. The van der Waals surface area contributed by atoms with E-state index in [4.69, 9.17) is 4.74 Å². The van der Waals surface area contributed by atoms with Crippen molar-refractivity contribution in [2.45, 2.75) is 46.8 Å². The van der Waals surface area contributed by atoms with Crippen molar-refractivity contribution in [3.63, 3.8) is 0 Å². The first kappa shape index (κ1) is 19.2. The van der Waals surface area contributed by atoms with Crippen molar-refractivity contribution in [2.75, 3.05) is 0 Å². The lowest BCUT2D eigenvalue weighted by atomic mass is 9.98. The summed E-state index contributed by atoms with van der Waals surface area (Å²) in [5.74, 6) is 0.987. The maximum Gasteiger partial charge on any atom is 0.211 e. The molecule has 4 heteroatoms. The minimum atomic E-state index is 0. The lowest BCUT2D eigenvalue weighted by molar-refractivity contribution is -0.684. The number of pyridine rings is 1. The summed E-state index contributed by atoms with van der Waals surface area (Å²) in [5.41, 5.74) is 3.49. The highest BCUT2D eigenvalue weighted by Gasteiger charge is 2.14. The van der Waals surface area contributed by atoms with E-state index in [9.17, 15) is 4.79 Å². The van der Waals surface area contributed by atoms with Gasteiger partial charge in [0.15, 0.2) is 11.9 Å². The first-order valence-electron chi connectivity index (χ1n) is 7.68. The number of carbonyl (C=O) groups is 1. The van der Waals surface area contributed by atoms with Gasteiger partial charge in [-0.3, -0.25) is 4.79 Å². The summed E-state index contributed by atoms with van der Waals surface area (Å²) in [6, 6.07) is 9.95. The fraction of sp³-hybridized carbons (Fsp3) is 0.368. The molecule has 0 radical (unpaired) electrons. The molecule has 0 aliphatic rings. The number of ether oxygens (including phenoxy) is 1. The second-order valence-corrected chi connectivity index (χ2v) is 5.96. The third-order valence-corrected chi connectivity index (χ3v) is 3.58. The van der Waals surface area contributed by atoms with Crippen LogP contribution in [0.1, 0.15) is 30.5 Å². The number of carbonyl (C=O) groups excluding carboxylic acids is 1. The van der Waals surface area contributed by atoms with Crippen LogP contribution in [0.4, 0.5) is 0 Å². The van der Waals surface area contributed by atoms with Crippen LogP contribution in [0.15, 0.2) is 42.7 Å². The second-order valence-electron chi connectivity index (χ2n) is 5.96. The quantitative estimate of drug-likeness (QED) is 0.707. The van der Waals surface area contributed by atoms with Gasteiger partial charge in [-0.15, -0.1) is 0 Å². The number of hydrogen-bond donors (Lipinski definition) is 0. The topological polar surface area (TPSA) is 30.2 Å². The van der Waals surface area contributed by atoms with Crippen molar-refractivity contribution >= 4 is 5.78 Å². The van der Waals surface area contributed by atoms with E-state index in [0.717, 1.165) is 11.3 Å². The molecular weight excluding hydrogens is 310 g/mol. The number of nitrogens with zero attached hydrogens (tertiary/aromatic N) is 1. The molecule has 0 saturated heterocycles. The smallest absolute Gasteiger partial charge is 0.211 e. The summed E-state index contributed by atoms with van der Waals surface area (Å²) in [7, 11) is 0. The molecular formula is C19H24ClNO2. The highest BCUT2D eigenvalue weighted by Crippen LogP contribution is 2.14. The SMILES string of the molecule is Cc1cccc(C)c1CC(=O)C[n+]1cccc(OC(C)C)c1.[Cl-]. The summed E-state index contributed by atoms with van der Waals surface area (Å²) in [5, 5.41) is 0. The Labute approximate surface area is 144 Å². The molecule has 1 aromatic heterocycles. The Morgan fingerprint density at radius 2 is 1.78 bits per heavy atom. The van der Waals surface area contributed by atoms with Crippen molar-refractivity contribution in [3.8, 4) is 5.75 Å². The molecule has 0 fully saturated rings. The molecule has 0 aliphatic heterocycles. The van der Waals surface area contributed by atoms with E-state index in [2.05, 4.69) is 26.0 Å². The van der Waals surface area contributed by atoms with E-state index in [1.54, 1.807) is 0 Å². The van der Waals surface area contributed by atoms with Crippen LogP contribution in [0.5, 0.6) is 5.75 Å². The number of aryl methyl sites for hydroxylation is 2. The lowest BCUT2D eigenvalue weighted by Crippen LogP contribution is -3.00. The van der Waals surface area contributed by atoms with Crippen LogP contribution in [0, 0.1) is 13.8 Å². The zero-order chi connectivity index (χ0) is 16.1. The van der Waals surface area contributed by atoms with Gasteiger partial charge in [0.1, 0.15) is 0 Å². The third-order valence-electron chi connectivity index (χ3n) is 3.58. The Kier molecular flexibility index (Phi) is 7.24. The van der Waals surface area contributed by atoms with Crippen LogP contribution in [0.2, 0.25) is 0 Å². The Bertz CT molecular complexity index is 648. The van der Waals surface area contributed by atoms with Gasteiger partial charge in [0, 0.05) is 12.5 Å². The summed E-state index contributed by atoms with van der Waals surface area (Å²) in [4.78, 5) is 12.4. The first-order chi connectivity index (χ1) is 10.5. The van der Waals surface area contributed by atoms with Gasteiger partial charge in [-0.05, 0) is 50.5 Å². The molecule has 0 spiro atoms. The average molecular weight is 334 g/mol. The molecule has 2 aromatic rings. The fourth-order valence-corrected chi connectivity index (χ4v) is 2.52. The molecule has 0 unspecified atom stereocenters. The standard InChI is InChI=1S/C19H24NO2.ClH/c1-14(2)22-18-9-6-10-20(13-18)12-17(21)11-19-15(3)7-5-8-16(19)4;/h5-10,13-14H,11-12H2,1-4H3;1H/q+1;/p-1. The molecule has 0 aliphatic carbocycles. The van der Waals surface area contributed by atoms with Crippen molar-refractivity contribution in [1.82, 2.24) is 0 Å². The molecule has 1 heterocycles. The molecule has 0 saturated carbocycles. The molecule has 0 atom stereocenters. The fourth-order valence-electron chi connectivity index (χ4n) is 2.52. The molecule has 124 valence electrons. The Morgan fingerprint density at radius 1 is 1.13 bits per heavy atom. The zero-order valence-electron chi connectivity index (χ0n) is 14.2. The van der Waals surface area contributed by atoms with Crippen LogP contribution in [-0.4, -0.2) is 11.9 Å². The van der Waals surface area contributed by atoms with E-state index in [1.807, 2.05) is 49.0 Å². The van der Waals surface area contributed by atoms with Crippen LogP contribution >= 0.6 is 0 Å². The molecule has 0 amide bonds. The van der Waals surface area contributed by atoms with Gasteiger partial charge < -0.3 is 17.1 Å². The predicted octanol–water partition coefficient (Wildman–Crippen LogP) is 0.194. The van der Waals surface area contributed by atoms with Gasteiger partial charge >= 0.3 is 0 Å². The van der Waals surface area contributed by atoms with Gasteiger partial charge in [-0.25, -0.2) is 0 Å². The number of ketones is 1. The number of rotatable bonds is 6. The van der Waals surface area contributed by atoms with Gasteiger partial charge in [0.2, 0.25) is 18.5 Å². The summed E-state index contributed by atoms with van der Waals surface area (Å²) in [6.45, 7) is 8.45. The molecule has 1 aromatic carbocycles. The monoisotopic (exact) mass is 333 g/mol. The largest absolute Gasteiger partial charge is 1.00 e. The van der Waals surface area contributed by atoms with Gasteiger partial charge in [-0.2, -0.15) is 4.57 Å². The van der Waals surface area contributed by atoms with Crippen LogP contribution < -0.4 is 21.7 Å². The van der Waals surface area contributed by atoms with Crippen molar-refractivity contribution < 1.29 is 26.5 Å². The number of halogens is 1. The van der Waals surface area contributed by atoms with Crippen molar-refractivity contribution in [1.29, 1.82) is 0 Å². The number of aromatic nitrogens is 1. The van der Waals surface area contributed by atoms with Crippen molar-refractivity contribution in [3.05, 3.63) is 59.4 Å². The third kappa shape index (κ3) is 5.68. The summed E-state index contributed by atoms with van der Waals surface area (Å²) < 4.78 is 7.54. The van der Waals surface area contributed by atoms with Gasteiger partial charge in [0.05, 0.1) is 6.10 Å². The Hall–Kier alpha value is -1.87. The van der Waals surface area contributed by atoms with Gasteiger partial charge in [0.25, 0.3) is 0 Å². The second kappa shape index (κ2) is 8.68. The van der Waals surface area contributed by atoms with E-state index < -0.39 is 0 Å². The van der Waals surface area contributed by atoms with E-state index in [1.165, 1.54) is 11.1 Å². The summed E-state index contributed by atoms with van der Waals surface area (Å²) >= 11 is 0. The van der Waals surface area contributed by atoms with E-state index in [-0.39, 0.29) is 24.3 Å². The highest BCUT2D eigenvalue weighted by molar-refractivity contribution is 5.80. The Balaban J connectivity index is 0.00000264. The predicted molar refractivity (Wildman–Crippen MR) is 87.0 cm³/mol. The highest BCUT2D eigenvalue weighted by atomic mass is 35.5. The molecule has 0 N–H and O–H groups in total. The maximum absolute atomic E-state index is 12.4. The maximum atomic E-state index is 12.4. The molecule has 23 heavy (non-hydrogen) atoms. The molecule has 2 rings (SSSR count). The van der Waals surface area contributed by atoms with Crippen LogP contribution in [0.25, 0.3) is 0 Å². The minimum absolute atomic E-state index is 0. The van der Waals surface area contributed by atoms with Crippen LogP contribution in [-0.2, 0) is 17.8 Å². The average Bonchev–Trinajstić information content (AvgIpc) is 2.42. The zero-order valence-corrected chi connectivity index (χ0v) is 14.9.